The van der Waals surface area contributed by atoms with E-state index < -0.39 is 0 Å². The van der Waals surface area contributed by atoms with Gasteiger partial charge in [0, 0.05) is 13.1 Å². The highest BCUT2D eigenvalue weighted by molar-refractivity contribution is 6.06. The van der Waals surface area contributed by atoms with Crippen molar-refractivity contribution in [3.05, 3.63) is 0 Å². The van der Waals surface area contributed by atoms with Crippen LogP contribution in [0.1, 0.15) is 51.4 Å². The van der Waals surface area contributed by atoms with Gasteiger partial charge in [0.05, 0.1) is 48.1 Å². The molecule has 4 heterocycles. The number of carbonyl (C=O) groups excluding carboxylic acids is 4. The van der Waals surface area contributed by atoms with Crippen LogP contribution in [0.25, 0.3) is 0 Å². The van der Waals surface area contributed by atoms with Crippen molar-refractivity contribution in [3.8, 4) is 0 Å². The van der Waals surface area contributed by atoms with Crippen molar-refractivity contribution in [1.82, 2.24) is 9.80 Å². The van der Waals surface area contributed by atoms with E-state index >= 15 is 0 Å². The molecule has 0 radical (unpaired) electrons. The molecule has 0 spiro atoms. The van der Waals surface area contributed by atoms with Crippen LogP contribution in [-0.2, 0) is 28.7 Å². The number of rotatable bonds is 7. The molecule has 162 valence electrons. The molecule has 2 aliphatic carbocycles. The Morgan fingerprint density at radius 3 is 1.13 bits per heavy atom. The lowest BCUT2D eigenvalue weighted by atomic mass is 9.81. The number of likely N-dealkylation sites (tertiary alicyclic amines) is 2. The van der Waals surface area contributed by atoms with E-state index in [9.17, 15) is 19.2 Å². The zero-order valence-electron chi connectivity index (χ0n) is 17.0. The molecule has 0 aromatic rings. The van der Waals surface area contributed by atoms with Gasteiger partial charge >= 0.3 is 0 Å². The molecule has 8 heteroatoms. The van der Waals surface area contributed by atoms with Gasteiger partial charge in [0.1, 0.15) is 0 Å². The third-order valence-electron chi connectivity index (χ3n) is 8.14. The van der Waals surface area contributed by atoms with Gasteiger partial charge < -0.3 is 9.47 Å². The number of imide groups is 2. The Labute approximate surface area is 175 Å². The summed E-state index contributed by atoms with van der Waals surface area (Å²) in [5, 5.41) is 0. The Kier molecular flexibility index (Phi) is 4.32. The van der Waals surface area contributed by atoms with Crippen LogP contribution in [0.3, 0.4) is 0 Å². The standard InChI is InChI=1S/C22H28N2O6/c25-19-11-7-15-16(29-15)8-12(11)20(26)23(19)5-3-1-2-4-6-24-21(27)13-9-17-18(30-17)10-14(13)22(24)28/h11-18H,1-10H2/t11-,12-,13-,14+,15+,16+,17-,18+/m0/s1. The first-order valence-electron chi connectivity index (χ1n) is 11.5. The van der Waals surface area contributed by atoms with Gasteiger partial charge in [-0.25, -0.2) is 0 Å². The first kappa shape index (κ1) is 18.9. The summed E-state index contributed by atoms with van der Waals surface area (Å²) < 4.78 is 11.0. The summed E-state index contributed by atoms with van der Waals surface area (Å²) in [6.45, 7) is 0.963. The number of nitrogens with zero attached hydrogens (tertiary/aromatic N) is 2. The molecule has 30 heavy (non-hydrogen) atoms. The normalized spacial score (nSPS) is 43.5. The molecule has 6 aliphatic rings. The predicted molar refractivity (Wildman–Crippen MR) is 102 cm³/mol. The molecular weight excluding hydrogens is 388 g/mol. The SMILES string of the molecule is O=C1[C@H]2C[C@H]3O[C@@H]3C[C@@H]2C(=O)N1CCCCCCN1C(=O)[C@H]2C[C@@H]3O[C@@H]3C[C@H]2C1=O. The van der Waals surface area contributed by atoms with Gasteiger partial charge in [-0.1, -0.05) is 12.8 Å². The first-order chi connectivity index (χ1) is 14.5. The molecule has 0 aromatic heterocycles. The minimum absolute atomic E-state index is 0.0168. The average Bonchev–Trinajstić information content (AvgIpc) is 3.63. The molecule has 0 bridgehead atoms. The van der Waals surface area contributed by atoms with Crippen molar-refractivity contribution in [2.75, 3.05) is 13.1 Å². The molecule has 4 aliphatic heterocycles. The van der Waals surface area contributed by atoms with E-state index in [1.165, 1.54) is 9.80 Å². The Morgan fingerprint density at radius 1 is 0.533 bits per heavy atom. The maximum absolute atomic E-state index is 12.6. The molecule has 6 fully saturated rings. The Balaban J connectivity index is 0.933. The van der Waals surface area contributed by atoms with E-state index in [-0.39, 0.29) is 71.7 Å². The minimum atomic E-state index is -0.173. The third kappa shape index (κ3) is 2.94. The highest BCUT2D eigenvalue weighted by Crippen LogP contribution is 2.48. The van der Waals surface area contributed by atoms with Gasteiger partial charge in [-0.2, -0.15) is 0 Å². The van der Waals surface area contributed by atoms with E-state index in [4.69, 9.17) is 9.47 Å². The number of hydrogen-bond acceptors (Lipinski definition) is 6. The lowest BCUT2D eigenvalue weighted by Crippen LogP contribution is -2.32. The largest absolute Gasteiger partial charge is 0.370 e. The van der Waals surface area contributed by atoms with Crippen LogP contribution in [0.5, 0.6) is 0 Å². The van der Waals surface area contributed by atoms with E-state index in [1.807, 2.05) is 0 Å². The summed E-state index contributed by atoms with van der Waals surface area (Å²) in [6, 6.07) is 0. The lowest BCUT2D eigenvalue weighted by molar-refractivity contribution is -0.141. The summed E-state index contributed by atoms with van der Waals surface area (Å²) in [5.41, 5.74) is 0. The van der Waals surface area contributed by atoms with E-state index in [1.54, 1.807) is 0 Å². The maximum Gasteiger partial charge on any atom is 0.233 e. The Bertz CT molecular complexity index is 691. The van der Waals surface area contributed by atoms with Crippen molar-refractivity contribution in [1.29, 1.82) is 0 Å². The summed E-state index contributed by atoms with van der Waals surface area (Å²) in [7, 11) is 0. The van der Waals surface area contributed by atoms with Gasteiger partial charge in [-0.05, 0) is 38.5 Å². The van der Waals surface area contributed by atoms with Crippen molar-refractivity contribution in [3.63, 3.8) is 0 Å². The second-order valence-corrected chi connectivity index (χ2v) is 9.87. The van der Waals surface area contributed by atoms with Crippen LogP contribution in [0, 0.1) is 23.7 Å². The average molecular weight is 416 g/mol. The fourth-order valence-corrected chi connectivity index (χ4v) is 6.29. The summed E-state index contributed by atoms with van der Waals surface area (Å²) in [6.07, 6.45) is 6.87. The molecule has 0 unspecified atom stereocenters. The molecule has 0 N–H and O–H groups in total. The van der Waals surface area contributed by atoms with Crippen LogP contribution in [0.15, 0.2) is 0 Å². The van der Waals surface area contributed by atoms with Gasteiger partial charge in [-0.15, -0.1) is 0 Å². The number of hydrogen-bond donors (Lipinski definition) is 0. The summed E-state index contributed by atoms with van der Waals surface area (Å²) in [5.74, 6) is -0.758. The van der Waals surface area contributed by atoms with Crippen molar-refractivity contribution in [2.45, 2.75) is 75.8 Å². The fraction of sp³-hybridized carbons (Fsp3) is 0.818. The molecule has 0 aromatic carbocycles. The lowest BCUT2D eigenvalue weighted by Gasteiger charge is -2.16. The molecular formula is C22H28N2O6. The molecule has 4 saturated heterocycles. The molecule has 2 saturated carbocycles. The Hall–Kier alpha value is -1.80. The van der Waals surface area contributed by atoms with E-state index in [2.05, 4.69) is 0 Å². The number of ether oxygens (including phenoxy) is 2. The van der Waals surface area contributed by atoms with Crippen LogP contribution >= 0.6 is 0 Å². The fourth-order valence-electron chi connectivity index (χ4n) is 6.29. The Morgan fingerprint density at radius 2 is 0.833 bits per heavy atom. The first-order valence-corrected chi connectivity index (χ1v) is 11.5. The maximum atomic E-state index is 12.6. The van der Waals surface area contributed by atoms with Gasteiger partial charge in [0.2, 0.25) is 23.6 Å². The van der Waals surface area contributed by atoms with Crippen molar-refractivity contribution in [2.24, 2.45) is 23.7 Å². The topological polar surface area (TPSA) is 99.8 Å². The minimum Gasteiger partial charge on any atom is -0.370 e. The predicted octanol–water partition coefficient (Wildman–Crippen LogP) is 0.872. The molecule has 6 rings (SSSR count). The monoisotopic (exact) mass is 416 g/mol. The van der Waals surface area contributed by atoms with Crippen molar-refractivity contribution >= 4 is 23.6 Å². The van der Waals surface area contributed by atoms with E-state index in [0.717, 1.165) is 25.7 Å². The van der Waals surface area contributed by atoms with Crippen LogP contribution in [0.4, 0.5) is 0 Å². The second-order valence-electron chi connectivity index (χ2n) is 9.87. The highest BCUT2D eigenvalue weighted by atomic mass is 16.6. The zero-order chi connectivity index (χ0) is 20.6. The third-order valence-corrected chi connectivity index (χ3v) is 8.14. The number of epoxide rings is 2. The number of fused-ring (bicyclic) bond motifs is 4. The van der Waals surface area contributed by atoms with Crippen LogP contribution in [-0.4, -0.2) is 70.9 Å². The van der Waals surface area contributed by atoms with Crippen LogP contribution in [0.2, 0.25) is 0 Å². The number of carbonyl (C=O) groups is 4. The highest BCUT2D eigenvalue weighted by Gasteiger charge is 2.59. The van der Waals surface area contributed by atoms with Gasteiger partial charge in [-0.3, -0.25) is 29.0 Å². The van der Waals surface area contributed by atoms with Crippen LogP contribution < -0.4 is 0 Å². The smallest absolute Gasteiger partial charge is 0.233 e. The van der Waals surface area contributed by atoms with E-state index in [0.29, 0.717) is 38.8 Å². The summed E-state index contributed by atoms with van der Waals surface area (Å²) >= 11 is 0. The quantitative estimate of drug-likeness (QED) is 0.347. The zero-order valence-corrected chi connectivity index (χ0v) is 17.0. The summed E-state index contributed by atoms with van der Waals surface area (Å²) in [4.78, 5) is 53.3. The van der Waals surface area contributed by atoms with Gasteiger partial charge in [0.25, 0.3) is 0 Å². The molecule has 8 atom stereocenters. The second kappa shape index (κ2) is 6.85. The van der Waals surface area contributed by atoms with Crippen molar-refractivity contribution < 1.29 is 28.7 Å². The number of amides is 4. The molecule has 4 amide bonds. The molecule has 8 nitrogen and oxygen atoms in total. The van der Waals surface area contributed by atoms with Gasteiger partial charge in [0.15, 0.2) is 0 Å². The number of unbranched alkanes of at least 4 members (excludes halogenated alkanes) is 3.